The highest BCUT2D eigenvalue weighted by molar-refractivity contribution is 5.97. The first kappa shape index (κ1) is 19.1. The van der Waals surface area contributed by atoms with Gasteiger partial charge in [0, 0.05) is 5.69 Å². The van der Waals surface area contributed by atoms with Crippen molar-refractivity contribution in [2.75, 3.05) is 19.0 Å². The second-order valence-electron chi connectivity index (χ2n) is 5.12. The monoisotopic (exact) mass is 368 g/mol. The molecule has 2 rings (SSSR count). The van der Waals surface area contributed by atoms with Gasteiger partial charge in [0.25, 0.3) is 11.8 Å². The first-order valence-electron chi connectivity index (χ1n) is 7.29. The molecule has 0 unspecified atom stereocenters. The van der Waals surface area contributed by atoms with Crippen LogP contribution in [0, 0.1) is 0 Å². The van der Waals surface area contributed by atoms with Crippen LogP contribution in [0.2, 0.25) is 0 Å². The first-order valence-corrected chi connectivity index (χ1v) is 7.29. The second-order valence-corrected chi connectivity index (χ2v) is 5.12. The van der Waals surface area contributed by atoms with Crippen LogP contribution in [-0.2, 0) is 11.0 Å². The number of ether oxygens (including phenoxy) is 2. The predicted molar refractivity (Wildman–Crippen MR) is 87.1 cm³/mol. The molecule has 2 amide bonds. The number of carbonyl (C=O) groups is 2. The van der Waals surface area contributed by atoms with Crippen LogP contribution in [0.5, 0.6) is 11.5 Å². The lowest BCUT2D eigenvalue weighted by molar-refractivity contribution is -0.137. The van der Waals surface area contributed by atoms with Crippen LogP contribution >= 0.6 is 0 Å². The summed E-state index contributed by atoms with van der Waals surface area (Å²) >= 11 is 0. The maximum absolute atomic E-state index is 12.7. The standard InChI is InChI=1S/C17H15F3N2O4/c1-25-13-7-3-6-12(16(21)24)15(13)26-9-14(23)22-11-5-2-4-10(8-11)17(18,19)20/h2-8H,9H2,1H3,(H2,21,24)(H,22,23). The van der Waals surface area contributed by atoms with Crippen LogP contribution in [-0.4, -0.2) is 25.5 Å². The Morgan fingerprint density at radius 1 is 1.15 bits per heavy atom. The van der Waals surface area contributed by atoms with Gasteiger partial charge in [-0.05, 0) is 30.3 Å². The van der Waals surface area contributed by atoms with Gasteiger partial charge in [-0.15, -0.1) is 0 Å². The minimum absolute atomic E-state index is 0.0104. The number of carbonyl (C=O) groups excluding carboxylic acids is 2. The Morgan fingerprint density at radius 2 is 1.85 bits per heavy atom. The lowest BCUT2D eigenvalue weighted by atomic mass is 10.2. The summed E-state index contributed by atoms with van der Waals surface area (Å²) in [4.78, 5) is 23.4. The summed E-state index contributed by atoms with van der Waals surface area (Å²) < 4.78 is 48.4. The Morgan fingerprint density at radius 3 is 2.46 bits per heavy atom. The molecule has 0 bridgehead atoms. The highest BCUT2D eigenvalue weighted by Crippen LogP contribution is 2.32. The van der Waals surface area contributed by atoms with Gasteiger partial charge in [0.2, 0.25) is 0 Å². The van der Waals surface area contributed by atoms with E-state index in [1.165, 1.54) is 37.4 Å². The lowest BCUT2D eigenvalue weighted by Crippen LogP contribution is -2.22. The zero-order chi connectivity index (χ0) is 19.3. The van der Waals surface area contributed by atoms with E-state index < -0.39 is 30.2 Å². The highest BCUT2D eigenvalue weighted by atomic mass is 19.4. The van der Waals surface area contributed by atoms with Gasteiger partial charge < -0.3 is 20.5 Å². The van der Waals surface area contributed by atoms with Gasteiger partial charge in [0.1, 0.15) is 0 Å². The van der Waals surface area contributed by atoms with E-state index in [9.17, 15) is 22.8 Å². The van der Waals surface area contributed by atoms with E-state index in [4.69, 9.17) is 15.2 Å². The van der Waals surface area contributed by atoms with E-state index >= 15 is 0 Å². The van der Waals surface area contributed by atoms with Crippen molar-refractivity contribution in [2.24, 2.45) is 5.73 Å². The van der Waals surface area contributed by atoms with E-state index in [1.807, 2.05) is 0 Å². The molecule has 0 atom stereocenters. The molecule has 2 aromatic carbocycles. The zero-order valence-corrected chi connectivity index (χ0v) is 13.6. The molecule has 6 nitrogen and oxygen atoms in total. The summed E-state index contributed by atoms with van der Waals surface area (Å²) in [6, 6.07) is 8.59. The fourth-order valence-corrected chi connectivity index (χ4v) is 2.13. The number of hydrogen-bond donors (Lipinski definition) is 2. The average Bonchev–Trinajstić information content (AvgIpc) is 2.59. The Kier molecular flexibility index (Phi) is 5.71. The SMILES string of the molecule is COc1cccc(C(N)=O)c1OCC(=O)Nc1cccc(C(F)(F)F)c1. The summed E-state index contributed by atoms with van der Waals surface area (Å²) in [5.41, 5.74) is 4.32. The molecule has 3 N–H and O–H groups in total. The number of hydrogen-bond acceptors (Lipinski definition) is 4. The van der Waals surface area contributed by atoms with Crippen molar-refractivity contribution in [3.05, 3.63) is 53.6 Å². The van der Waals surface area contributed by atoms with Crippen LogP contribution in [0.4, 0.5) is 18.9 Å². The molecule has 0 heterocycles. The molecule has 0 radical (unpaired) electrons. The van der Waals surface area contributed by atoms with E-state index in [2.05, 4.69) is 5.32 Å². The van der Waals surface area contributed by atoms with Crippen LogP contribution in [0.3, 0.4) is 0 Å². The number of nitrogens with one attached hydrogen (secondary N) is 1. The molecular weight excluding hydrogens is 353 g/mol. The Labute approximate surface area is 146 Å². The predicted octanol–water partition coefficient (Wildman–Crippen LogP) is 2.83. The molecule has 0 aliphatic rings. The number of methoxy groups -OCH3 is 1. The number of nitrogens with two attached hydrogens (primary N) is 1. The van der Waals surface area contributed by atoms with Crippen molar-refractivity contribution in [2.45, 2.75) is 6.18 Å². The van der Waals surface area contributed by atoms with Gasteiger partial charge >= 0.3 is 6.18 Å². The molecule has 9 heteroatoms. The number of anilines is 1. The molecule has 0 spiro atoms. The Balaban J connectivity index is 2.10. The van der Waals surface area contributed by atoms with Crippen molar-refractivity contribution < 1.29 is 32.2 Å². The molecule has 0 aliphatic carbocycles. The van der Waals surface area contributed by atoms with Crippen molar-refractivity contribution in [3.8, 4) is 11.5 Å². The average molecular weight is 368 g/mol. The number of benzene rings is 2. The first-order chi connectivity index (χ1) is 12.2. The summed E-state index contributed by atoms with van der Waals surface area (Å²) in [6.07, 6.45) is -4.52. The van der Waals surface area contributed by atoms with Crippen LogP contribution in [0.15, 0.2) is 42.5 Å². The van der Waals surface area contributed by atoms with Crippen molar-refractivity contribution in [1.82, 2.24) is 0 Å². The fourth-order valence-electron chi connectivity index (χ4n) is 2.13. The second kappa shape index (κ2) is 7.77. The third kappa shape index (κ3) is 4.65. The van der Waals surface area contributed by atoms with Crippen LogP contribution in [0.1, 0.15) is 15.9 Å². The summed E-state index contributed by atoms with van der Waals surface area (Å²) in [5.74, 6) is -1.34. The minimum atomic E-state index is -4.52. The van der Waals surface area contributed by atoms with E-state index in [0.29, 0.717) is 0 Å². The Hall–Kier alpha value is -3.23. The quantitative estimate of drug-likeness (QED) is 0.820. The van der Waals surface area contributed by atoms with Gasteiger partial charge in [-0.3, -0.25) is 9.59 Å². The van der Waals surface area contributed by atoms with E-state index in [-0.39, 0.29) is 22.7 Å². The number of halogens is 3. The maximum Gasteiger partial charge on any atom is 0.416 e. The molecule has 2 aromatic rings. The molecule has 0 aliphatic heterocycles. The fraction of sp³-hybridized carbons (Fsp3) is 0.176. The minimum Gasteiger partial charge on any atom is -0.493 e. The zero-order valence-electron chi connectivity index (χ0n) is 13.6. The topological polar surface area (TPSA) is 90.7 Å². The smallest absolute Gasteiger partial charge is 0.416 e. The summed E-state index contributed by atoms with van der Waals surface area (Å²) in [7, 11) is 1.34. The third-order valence-corrected chi connectivity index (χ3v) is 3.29. The number of primary amides is 1. The molecule has 0 saturated heterocycles. The number of rotatable bonds is 6. The molecule has 26 heavy (non-hydrogen) atoms. The van der Waals surface area contributed by atoms with Gasteiger partial charge in [-0.2, -0.15) is 13.2 Å². The van der Waals surface area contributed by atoms with Gasteiger partial charge in [-0.1, -0.05) is 12.1 Å². The summed E-state index contributed by atoms with van der Waals surface area (Å²) in [5, 5.41) is 2.29. The largest absolute Gasteiger partial charge is 0.493 e. The van der Waals surface area contributed by atoms with Crippen molar-refractivity contribution in [3.63, 3.8) is 0 Å². The van der Waals surface area contributed by atoms with E-state index in [1.54, 1.807) is 0 Å². The van der Waals surface area contributed by atoms with Crippen molar-refractivity contribution >= 4 is 17.5 Å². The molecular formula is C17H15F3N2O4. The number of amides is 2. The highest BCUT2D eigenvalue weighted by Gasteiger charge is 2.30. The van der Waals surface area contributed by atoms with Crippen molar-refractivity contribution in [1.29, 1.82) is 0 Å². The van der Waals surface area contributed by atoms with Gasteiger partial charge in [0.05, 0.1) is 18.2 Å². The molecule has 0 aromatic heterocycles. The molecule has 0 fully saturated rings. The summed E-state index contributed by atoms with van der Waals surface area (Å²) in [6.45, 7) is -0.559. The lowest BCUT2D eigenvalue weighted by Gasteiger charge is -2.14. The number of alkyl halides is 3. The van der Waals surface area contributed by atoms with E-state index in [0.717, 1.165) is 12.1 Å². The third-order valence-electron chi connectivity index (χ3n) is 3.29. The Bertz CT molecular complexity index is 822. The van der Waals surface area contributed by atoms with Crippen LogP contribution < -0.4 is 20.5 Å². The normalized spacial score (nSPS) is 10.9. The molecule has 138 valence electrons. The molecule has 0 saturated carbocycles. The van der Waals surface area contributed by atoms with Gasteiger partial charge in [-0.25, -0.2) is 0 Å². The number of para-hydroxylation sites is 1. The maximum atomic E-state index is 12.7. The van der Waals surface area contributed by atoms with Gasteiger partial charge in [0.15, 0.2) is 18.1 Å². The van der Waals surface area contributed by atoms with Crippen LogP contribution in [0.25, 0.3) is 0 Å².